The van der Waals surface area contributed by atoms with Crippen LogP contribution in [-0.2, 0) is 0 Å². The van der Waals surface area contributed by atoms with Crippen molar-refractivity contribution in [2.24, 2.45) is 4.99 Å². The zero-order valence-corrected chi connectivity index (χ0v) is 4.09. The van der Waals surface area contributed by atoms with Crippen molar-refractivity contribution in [1.29, 1.82) is 0 Å². The Bertz CT molecular complexity index is 115. The number of aliphatic imine (C=N–C) groups is 1. The fourth-order valence-corrected chi connectivity index (χ4v) is 0.519. The average Bonchev–Trinajstić information content (AvgIpc) is 1.69. The van der Waals surface area contributed by atoms with Crippen LogP contribution in [0.15, 0.2) is 17.3 Å². The van der Waals surface area contributed by atoms with Crippen molar-refractivity contribution in [2.75, 3.05) is 0 Å². The summed E-state index contributed by atoms with van der Waals surface area (Å²) in [5.41, 5.74) is 0.752. The van der Waals surface area contributed by atoms with Gasteiger partial charge in [-0.1, -0.05) is 6.08 Å². The van der Waals surface area contributed by atoms with E-state index in [1.54, 1.807) is 6.20 Å². The summed E-state index contributed by atoms with van der Waals surface area (Å²) in [6.45, 7) is 0. The molecule has 0 aromatic heterocycles. The molecule has 2 heteroatoms. The van der Waals surface area contributed by atoms with E-state index in [0.29, 0.717) is 0 Å². The van der Waals surface area contributed by atoms with Crippen LogP contribution in [0.2, 0.25) is 0 Å². The van der Waals surface area contributed by atoms with Gasteiger partial charge in [0, 0.05) is 6.20 Å². The van der Waals surface area contributed by atoms with Gasteiger partial charge in [-0.05, 0) is 18.5 Å². The van der Waals surface area contributed by atoms with E-state index in [0.717, 1.165) is 18.5 Å². The molecular weight excluding hydrogens is 84.9 g/mol. The fraction of sp³-hybridized carbons (Fsp3) is 0.400. The first-order valence-electron chi connectivity index (χ1n) is 2.37. The lowest BCUT2D eigenvalue weighted by Crippen LogP contribution is -1.97. The lowest BCUT2D eigenvalue weighted by molar-refractivity contribution is 1.08. The standard InChI is InChI=1S/C5H6BN/c6-5-3-1-2-4-7-5/h2,4H,1,3H2. The molecule has 0 amide bonds. The largest absolute Gasteiger partial charge is 0.277 e. The van der Waals surface area contributed by atoms with Gasteiger partial charge in [0.15, 0.2) is 0 Å². The highest BCUT2D eigenvalue weighted by Gasteiger charge is 1.89. The summed E-state index contributed by atoms with van der Waals surface area (Å²) in [6, 6.07) is 0. The summed E-state index contributed by atoms with van der Waals surface area (Å²) in [5, 5.41) is 0. The maximum absolute atomic E-state index is 5.33. The SMILES string of the molecule is [B]C1=NC=CCC1. The van der Waals surface area contributed by atoms with Crippen molar-refractivity contribution in [3.05, 3.63) is 12.3 Å². The fourth-order valence-electron chi connectivity index (χ4n) is 0.519. The van der Waals surface area contributed by atoms with Crippen molar-refractivity contribution in [1.82, 2.24) is 0 Å². The Labute approximate surface area is 44.6 Å². The molecule has 1 aliphatic rings. The molecule has 0 spiro atoms. The highest BCUT2D eigenvalue weighted by atomic mass is 14.7. The van der Waals surface area contributed by atoms with Crippen molar-refractivity contribution >= 4 is 13.5 Å². The first-order chi connectivity index (χ1) is 3.39. The molecule has 0 atom stereocenters. The third-order valence-electron chi connectivity index (χ3n) is 0.913. The predicted molar refractivity (Wildman–Crippen MR) is 31.6 cm³/mol. The summed E-state index contributed by atoms with van der Waals surface area (Å²) >= 11 is 0. The summed E-state index contributed by atoms with van der Waals surface area (Å²) in [6.07, 6.45) is 5.74. The Balaban J connectivity index is 2.57. The van der Waals surface area contributed by atoms with Gasteiger partial charge >= 0.3 is 0 Å². The lowest BCUT2D eigenvalue weighted by atomic mass is 9.95. The normalized spacial score (nSPS) is 19.1. The van der Waals surface area contributed by atoms with E-state index in [2.05, 4.69) is 4.99 Å². The van der Waals surface area contributed by atoms with E-state index in [9.17, 15) is 0 Å². The summed E-state index contributed by atoms with van der Waals surface area (Å²) in [4.78, 5) is 3.84. The molecule has 0 N–H and O–H groups in total. The molecule has 1 rings (SSSR count). The third kappa shape index (κ3) is 1.18. The van der Waals surface area contributed by atoms with Crippen LogP contribution in [0, 0.1) is 0 Å². The first-order valence-corrected chi connectivity index (χ1v) is 2.37. The summed E-state index contributed by atoms with van der Waals surface area (Å²) in [5.74, 6) is 0. The Hall–Kier alpha value is -0.525. The number of nitrogens with zero attached hydrogens (tertiary/aromatic N) is 1. The smallest absolute Gasteiger partial charge is 0.135 e. The van der Waals surface area contributed by atoms with Gasteiger partial charge in [0.1, 0.15) is 7.85 Å². The molecule has 0 unspecified atom stereocenters. The molecule has 7 heavy (non-hydrogen) atoms. The minimum absolute atomic E-state index is 0.752. The molecule has 0 bridgehead atoms. The third-order valence-corrected chi connectivity index (χ3v) is 0.913. The molecule has 1 heterocycles. The van der Waals surface area contributed by atoms with Crippen LogP contribution in [0.5, 0.6) is 0 Å². The molecule has 1 nitrogen and oxygen atoms in total. The maximum atomic E-state index is 5.33. The van der Waals surface area contributed by atoms with Crippen LogP contribution in [0.4, 0.5) is 0 Å². The van der Waals surface area contributed by atoms with Crippen LogP contribution < -0.4 is 0 Å². The van der Waals surface area contributed by atoms with Gasteiger partial charge in [-0.3, -0.25) is 4.99 Å². The molecule has 0 saturated carbocycles. The minimum Gasteiger partial charge on any atom is -0.277 e. The van der Waals surface area contributed by atoms with E-state index in [1.165, 1.54) is 0 Å². The Morgan fingerprint density at radius 3 is 2.86 bits per heavy atom. The topological polar surface area (TPSA) is 12.4 Å². The van der Waals surface area contributed by atoms with Crippen LogP contribution in [0.1, 0.15) is 12.8 Å². The molecule has 34 valence electrons. The highest BCUT2D eigenvalue weighted by molar-refractivity contribution is 6.59. The monoisotopic (exact) mass is 91.1 g/mol. The summed E-state index contributed by atoms with van der Waals surface area (Å²) in [7, 11) is 5.33. The number of allylic oxidation sites excluding steroid dienone is 1. The van der Waals surface area contributed by atoms with E-state index in [1.807, 2.05) is 6.08 Å². The van der Waals surface area contributed by atoms with Gasteiger partial charge in [0.2, 0.25) is 0 Å². The van der Waals surface area contributed by atoms with Crippen molar-refractivity contribution < 1.29 is 0 Å². The molecule has 1 aliphatic heterocycles. The quantitative estimate of drug-likeness (QED) is 0.392. The molecule has 0 fully saturated rings. The van der Waals surface area contributed by atoms with E-state index >= 15 is 0 Å². The van der Waals surface area contributed by atoms with Gasteiger partial charge in [-0.25, -0.2) is 0 Å². The molecule has 0 aliphatic carbocycles. The Kier molecular flexibility index (Phi) is 1.30. The predicted octanol–water partition coefficient (Wildman–Crippen LogP) is 0.861. The zero-order valence-electron chi connectivity index (χ0n) is 4.09. The number of hydrogen-bond acceptors (Lipinski definition) is 1. The van der Waals surface area contributed by atoms with Crippen LogP contribution in [0.25, 0.3) is 0 Å². The molecule has 0 aromatic carbocycles. The molecule has 2 radical (unpaired) electrons. The second-order valence-corrected chi connectivity index (χ2v) is 1.54. The maximum Gasteiger partial charge on any atom is 0.135 e. The van der Waals surface area contributed by atoms with Gasteiger partial charge in [-0.15, -0.1) is 0 Å². The Morgan fingerprint density at radius 2 is 2.57 bits per heavy atom. The summed E-state index contributed by atoms with van der Waals surface area (Å²) < 4.78 is 0. The van der Waals surface area contributed by atoms with Crippen LogP contribution in [0.3, 0.4) is 0 Å². The molecule has 0 saturated heterocycles. The van der Waals surface area contributed by atoms with Crippen LogP contribution >= 0.6 is 0 Å². The first kappa shape index (κ1) is 4.63. The van der Waals surface area contributed by atoms with Crippen molar-refractivity contribution in [3.63, 3.8) is 0 Å². The van der Waals surface area contributed by atoms with Gasteiger partial charge < -0.3 is 0 Å². The number of rotatable bonds is 0. The molecular formula is C5H6BN. The second-order valence-electron chi connectivity index (χ2n) is 1.54. The highest BCUT2D eigenvalue weighted by Crippen LogP contribution is 1.98. The van der Waals surface area contributed by atoms with Crippen molar-refractivity contribution in [2.45, 2.75) is 12.8 Å². The average molecular weight is 90.9 g/mol. The number of hydrogen-bond donors (Lipinski definition) is 0. The van der Waals surface area contributed by atoms with Gasteiger partial charge in [-0.2, -0.15) is 0 Å². The Morgan fingerprint density at radius 1 is 1.71 bits per heavy atom. The minimum atomic E-state index is 0.752. The van der Waals surface area contributed by atoms with Gasteiger partial charge in [0.05, 0.1) is 0 Å². The lowest BCUT2D eigenvalue weighted by Gasteiger charge is -1.98. The van der Waals surface area contributed by atoms with Crippen molar-refractivity contribution in [3.8, 4) is 0 Å². The zero-order chi connectivity index (χ0) is 5.11. The van der Waals surface area contributed by atoms with Crippen LogP contribution in [-0.4, -0.2) is 13.5 Å². The van der Waals surface area contributed by atoms with E-state index in [-0.39, 0.29) is 0 Å². The second kappa shape index (κ2) is 1.96. The molecule has 0 aromatic rings. The van der Waals surface area contributed by atoms with Gasteiger partial charge in [0.25, 0.3) is 0 Å². The van der Waals surface area contributed by atoms with E-state index < -0.39 is 0 Å². The van der Waals surface area contributed by atoms with E-state index in [4.69, 9.17) is 7.85 Å².